The van der Waals surface area contributed by atoms with E-state index in [1.54, 1.807) is 0 Å². The predicted octanol–water partition coefficient (Wildman–Crippen LogP) is 2.61. The lowest BCUT2D eigenvalue weighted by Gasteiger charge is -2.10. The van der Waals surface area contributed by atoms with Crippen LogP contribution in [-0.2, 0) is 0 Å². The fraction of sp³-hybridized carbons (Fsp3) is 0.750. The van der Waals surface area contributed by atoms with Gasteiger partial charge < -0.3 is 10.1 Å². The van der Waals surface area contributed by atoms with E-state index in [1.807, 2.05) is 0 Å². The Hall–Kier alpha value is -1.39. The minimum atomic E-state index is 0.268. The Kier molecular flexibility index (Phi) is 5.66. The predicted molar refractivity (Wildman–Crippen MR) is 68.5 cm³/mol. The first kappa shape index (κ1) is 13.7. The highest BCUT2D eigenvalue weighted by molar-refractivity contribution is 5.26. The van der Waals surface area contributed by atoms with Crippen LogP contribution in [0.4, 0.5) is 5.95 Å². The number of rotatable bonds is 7. The molecule has 1 aromatic rings. The van der Waals surface area contributed by atoms with Crippen LogP contribution in [0.15, 0.2) is 0 Å². The summed E-state index contributed by atoms with van der Waals surface area (Å²) in [7, 11) is 0. The van der Waals surface area contributed by atoms with Gasteiger partial charge in [-0.25, -0.2) is 0 Å². The molecule has 0 radical (unpaired) electrons. The summed E-state index contributed by atoms with van der Waals surface area (Å²) in [5.41, 5.74) is 0. The largest absolute Gasteiger partial charge is 0.463 e. The summed E-state index contributed by atoms with van der Waals surface area (Å²) in [5.74, 6) is 1.64. The fourth-order valence-electron chi connectivity index (χ4n) is 1.20. The smallest absolute Gasteiger partial charge is 0.321 e. The van der Waals surface area contributed by atoms with Crippen LogP contribution in [0.25, 0.3) is 0 Å². The molecule has 0 bridgehead atoms. The maximum Gasteiger partial charge on any atom is 0.321 e. The summed E-state index contributed by atoms with van der Waals surface area (Å²) >= 11 is 0. The average molecular weight is 238 g/mol. The quantitative estimate of drug-likeness (QED) is 0.791. The second kappa shape index (κ2) is 7.04. The second-order valence-electron chi connectivity index (χ2n) is 4.23. The Morgan fingerprint density at radius 1 is 1.12 bits per heavy atom. The summed E-state index contributed by atoms with van der Waals surface area (Å²) < 4.78 is 5.46. The lowest BCUT2D eigenvalue weighted by atomic mass is 10.2. The summed E-state index contributed by atoms with van der Waals surface area (Å²) in [6.45, 7) is 9.77. The van der Waals surface area contributed by atoms with Gasteiger partial charge in [-0.15, -0.1) is 0 Å². The van der Waals surface area contributed by atoms with E-state index in [4.69, 9.17) is 4.74 Å². The van der Waals surface area contributed by atoms with Crippen LogP contribution in [0.1, 0.15) is 52.3 Å². The molecule has 0 amide bonds. The molecular weight excluding hydrogens is 216 g/mol. The van der Waals surface area contributed by atoms with Crippen LogP contribution in [-0.4, -0.2) is 28.1 Å². The van der Waals surface area contributed by atoms with Crippen molar-refractivity contribution in [3.05, 3.63) is 5.82 Å². The standard InChI is InChI=1S/C12H22N4O/c1-5-7-13-11-14-10(9(3)4)15-12(16-11)17-8-6-2/h9H,5-8H2,1-4H3,(H,13,14,15,16). The Morgan fingerprint density at radius 3 is 2.47 bits per heavy atom. The zero-order valence-electron chi connectivity index (χ0n) is 11.2. The van der Waals surface area contributed by atoms with Gasteiger partial charge in [0.05, 0.1) is 6.61 Å². The van der Waals surface area contributed by atoms with Crippen molar-refractivity contribution in [1.29, 1.82) is 0 Å². The lowest BCUT2D eigenvalue weighted by Crippen LogP contribution is -2.11. The third kappa shape index (κ3) is 4.54. The number of anilines is 1. The summed E-state index contributed by atoms with van der Waals surface area (Å²) in [4.78, 5) is 12.9. The highest BCUT2D eigenvalue weighted by Gasteiger charge is 2.09. The molecule has 96 valence electrons. The third-order valence-electron chi connectivity index (χ3n) is 2.12. The molecule has 5 heteroatoms. The van der Waals surface area contributed by atoms with Gasteiger partial charge in [-0.2, -0.15) is 15.0 Å². The molecular formula is C12H22N4O. The van der Waals surface area contributed by atoms with Crippen LogP contribution in [0.2, 0.25) is 0 Å². The van der Waals surface area contributed by atoms with E-state index >= 15 is 0 Å². The van der Waals surface area contributed by atoms with Gasteiger partial charge in [0.25, 0.3) is 0 Å². The lowest BCUT2D eigenvalue weighted by molar-refractivity contribution is 0.290. The second-order valence-corrected chi connectivity index (χ2v) is 4.23. The summed E-state index contributed by atoms with van der Waals surface area (Å²) in [6, 6.07) is 0.421. The first-order valence-electron chi connectivity index (χ1n) is 6.30. The molecule has 17 heavy (non-hydrogen) atoms. The minimum Gasteiger partial charge on any atom is -0.463 e. The van der Waals surface area contributed by atoms with E-state index in [0.29, 0.717) is 18.6 Å². The molecule has 0 atom stereocenters. The van der Waals surface area contributed by atoms with Crippen LogP contribution >= 0.6 is 0 Å². The van der Waals surface area contributed by atoms with E-state index in [1.165, 1.54) is 0 Å². The number of nitrogens with one attached hydrogen (secondary N) is 1. The normalized spacial score (nSPS) is 10.6. The van der Waals surface area contributed by atoms with Crippen molar-refractivity contribution in [2.75, 3.05) is 18.5 Å². The van der Waals surface area contributed by atoms with Crippen LogP contribution < -0.4 is 10.1 Å². The van der Waals surface area contributed by atoms with Gasteiger partial charge in [0.1, 0.15) is 5.82 Å². The van der Waals surface area contributed by atoms with Gasteiger partial charge >= 0.3 is 6.01 Å². The summed E-state index contributed by atoms with van der Waals surface area (Å²) in [5, 5.41) is 3.16. The zero-order chi connectivity index (χ0) is 12.7. The Morgan fingerprint density at radius 2 is 1.88 bits per heavy atom. The number of aromatic nitrogens is 3. The SMILES string of the molecule is CCCNc1nc(OCCC)nc(C(C)C)n1. The third-order valence-corrected chi connectivity index (χ3v) is 2.12. The number of hydrogen-bond donors (Lipinski definition) is 1. The van der Waals surface area contributed by atoms with Crippen molar-refractivity contribution in [3.8, 4) is 6.01 Å². The molecule has 0 aliphatic carbocycles. The van der Waals surface area contributed by atoms with Crippen LogP contribution in [0.3, 0.4) is 0 Å². The van der Waals surface area contributed by atoms with Gasteiger partial charge in [-0.05, 0) is 12.8 Å². The van der Waals surface area contributed by atoms with Crippen molar-refractivity contribution in [1.82, 2.24) is 15.0 Å². The molecule has 0 spiro atoms. The molecule has 5 nitrogen and oxygen atoms in total. The molecule has 1 rings (SSSR count). The Bertz CT molecular complexity index is 315. The van der Waals surface area contributed by atoms with Crippen molar-refractivity contribution in [2.24, 2.45) is 0 Å². The van der Waals surface area contributed by atoms with E-state index in [-0.39, 0.29) is 5.92 Å². The number of nitrogens with zero attached hydrogens (tertiary/aromatic N) is 3. The monoisotopic (exact) mass is 238 g/mol. The van der Waals surface area contributed by atoms with Gasteiger partial charge in [0.2, 0.25) is 5.95 Å². The van der Waals surface area contributed by atoms with E-state index < -0.39 is 0 Å². The molecule has 1 heterocycles. The number of ether oxygens (including phenoxy) is 1. The minimum absolute atomic E-state index is 0.268. The number of hydrogen-bond acceptors (Lipinski definition) is 5. The van der Waals surface area contributed by atoms with E-state index in [0.717, 1.165) is 25.2 Å². The molecule has 0 saturated heterocycles. The van der Waals surface area contributed by atoms with Crippen LogP contribution in [0, 0.1) is 0 Å². The Labute approximate surface area is 103 Å². The Balaban J connectivity index is 2.84. The maximum atomic E-state index is 5.46. The molecule has 0 aromatic carbocycles. The van der Waals surface area contributed by atoms with Gasteiger partial charge in [0.15, 0.2) is 0 Å². The molecule has 0 aliphatic rings. The molecule has 0 aliphatic heterocycles. The topological polar surface area (TPSA) is 59.9 Å². The molecule has 1 N–H and O–H groups in total. The van der Waals surface area contributed by atoms with Crippen molar-refractivity contribution >= 4 is 5.95 Å². The van der Waals surface area contributed by atoms with E-state index in [2.05, 4.69) is 48.0 Å². The molecule has 0 unspecified atom stereocenters. The van der Waals surface area contributed by atoms with Crippen molar-refractivity contribution < 1.29 is 4.74 Å². The molecule has 0 fully saturated rings. The van der Waals surface area contributed by atoms with Crippen LogP contribution in [0.5, 0.6) is 6.01 Å². The van der Waals surface area contributed by atoms with Gasteiger partial charge in [-0.3, -0.25) is 0 Å². The molecule has 0 saturated carbocycles. The first-order chi connectivity index (χ1) is 8.17. The van der Waals surface area contributed by atoms with Crippen molar-refractivity contribution in [2.45, 2.75) is 46.5 Å². The zero-order valence-corrected chi connectivity index (χ0v) is 11.2. The van der Waals surface area contributed by atoms with Crippen molar-refractivity contribution in [3.63, 3.8) is 0 Å². The summed E-state index contributed by atoms with van der Waals surface area (Å²) in [6.07, 6.45) is 1.98. The maximum absolute atomic E-state index is 5.46. The fourth-order valence-corrected chi connectivity index (χ4v) is 1.20. The van der Waals surface area contributed by atoms with E-state index in [9.17, 15) is 0 Å². The molecule has 1 aromatic heterocycles. The first-order valence-corrected chi connectivity index (χ1v) is 6.30. The van der Waals surface area contributed by atoms with Gasteiger partial charge in [0, 0.05) is 12.5 Å². The van der Waals surface area contributed by atoms with Gasteiger partial charge in [-0.1, -0.05) is 27.7 Å². The highest BCUT2D eigenvalue weighted by atomic mass is 16.5. The average Bonchev–Trinajstić information content (AvgIpc) is 2.33. The highest BCUT2D eigenvalue weighted by Crippen LogP contribution is 2.14.